The van der Waals surface area contributed by atoms with Crippen molar-refractivity contribution in [3.05, 3.63) is 0 Å². The predicted molar refractivity (Wildman–Crippen MR) is 71.0 cm³/mol. The van der Waals surface area contributed by atoms with Crippen LogP contribution in [-0.4, -0.2) is 42.5 Å². The van der Waals surface area contributed by atoms with Crippen LogP contribution >= 0.6 is 0 Å². The molecule has 0 aromatic rings. The summed E-state index contributed by atoms with van der Waals surface area (Å²) in [6.45, 7) is 2.73. The molecule has 1 aliphatic heterocycles. The summed E-state index contributed by atoms with van der Waals surface area (Å²) in [6.07, 6.45) is 8.18. The number of piperazine rings is 1. The molecule has 0 aromatic carbocycles. The van der Waals surface area contributed by atoms with Crippen LogP contribution in [0.3, 0.4) is 0 Å². The third-order valence-electron chi connectivity index (χ3n) is 5.26. The van der Waals surface area contributed by atoms with Crippen molar-refractivity contribution in [2.75, 3.05) is 19.6 Å². The van der Waals surface area contributed by atoms with Gasteiger partial charge in [0.2, 0.25) is 5.91 Å². The quantitative estimate of drug-likeness (QED) is 0.774. The van der Waals surface area contributed by atoms with E-state index in [2.05, 4.69) is 10.2 Å². The molecule has 1 atom stereocenters. The van der Waals surface area contributed by atoms with Crippen molar-refractivity contribution in [3.63, 3.8) is 0 Å². The zero-order valence-corrected chi connectivity index (χ0v) is 11.1. The Balaban J connectivity index is 1.75. The van der Waals surface area contributed by atoms with Crippen LogP contribution in [0.15, 0.2) is 0 Å². The maximum atomic E-state index is 11.7. The van der Waals surface area contributed by atoms with Crippen molar-refractivity contribution >= 4 is 5.91 Å². The van der Waals surface area contributed by atoms with Gasteiger partial charge in [-0.1, -0.05) is 12.8 Å². The van der Waals surface area contributed by atoms with E-state index in [1.807, 2.05) is 0 Å². The fourth-order valence-electron chi connectivity index (χ4n) is 3.83. The van der Waals surface area contributed by atoms with Crippen molar-refractivity contribution in [2.24, 2.45) is 17.6 Å². The van der Waals surface area contributed by atoms with Gasteiger partial charge in [-0.2, -0.15) is 0 Å². The fourth-order valence-corrected chi connectivity index (χ4v) is 3.83. The van der Waals surface area contributed by atoms with E-state index in [1.54, 1.807) is 0 Å². The lowest BCUT2D eigenvalue weighted by atomic mass is 9.67. The molecule has 0 radical (unpaired) electrons. The van der Waals surface area contributed by atoms with Crippen molar-refractivity contribution in [2.45, 2.75) is 50.6 Å². The Morgan fingerprint density at radius 1 is 1.17 bits per heavy atom. The van der Waals surface area contributed by atoms with E-state index in [9.17, 15) is 4.79 Å². The summed E-state index contributed by atoms with van der Waals surface area (Å²) in [7, 11) is 0. The lowest BCUT2D eigenvalue weighted by Gasteiger charge is -2.51. The Kier molecular flexibility index (Phi) is 3.57. The molecule has 2 saturated carbocycles. The first-order valence-electron chi connectivity index (χ1n) is 7.53. The zero-order chi connectivity index (χ0) is 12.5. The Morgan fingerprint density at radius 2 is 1.78 bits per heavy atom. The number of carbonyl (C=O) groups is 1. The first-order chi connectivity index (χ1) is 8.77. The van der Waals surface area contributed by atoms with Gasteiger partial charge in [-0.05, 0) is 37.5 Å². The minimum absolute atomic E-state index is 0.0788. The van der Waals surface area contributed by atoms with Gasteiger partial charge in [0.15, 0.2) is 0 Å². The average Bonchev–Trinajstić information content (AvgIpc) is 2.23. The average molecular weight is 251 g/mol. The minimum atomic E-state index is -0.147. The Labute approximate surface area is 109 Å². The van der Waals surface area contributed by atoms with Crippen molar-refractivity contribution in [1.29, 1.82) is 0 Å². The van der Waals surface area contributed by atoms with E-state index < -0.39 is 0 Å². The van der Waals surface area contributed by atoms with E-state index in [4.69, 9.17) is 5.73 Å². The van der Waals surface area contributed by atoms with E-state index in [1.165, 1.54) is 38.5 Å². The molecule has 3 aliphatic rings. The SMILES string of the molecule is NC(=O)C1CNCCN1C(C1CCC1)C1CCC1. The highest BCUT2D eigenvalue weighted by Crippen LogP contribution is 2.43. The largest absolute Gasteiger partial charge is 0.368 e. The van der Waals surface area contributed by atoms with Gasteiger partial charge in [-0.25, -0.2) is 0 Å². The van der Waals surface area contributed by atoms with Gasteiger partial charge in [-0.15, -0.1) is 0 Å². The van der Waals surface area contributed by atoms with Gasteiger partial charge < -0.3 is 11.1 Å². The van der Waals surface area contributed by atoms with E-state index in [0.29, 0.717) is 6.04 Å². The minimum Gasteiger partial charge on any atom is -0.368 e. The molecule has 102 valence electrons. The van der Waals surface area contributed by atoms with Crippen LogP contribution in [0.5, 0.6) is 0 Å². The molecule has 4 nitrogen and oxygen atoms in total. The summed E-state index contributed by atoms with van der Waals surface area (Å²) < 4.78 is 0. The second-order valence-corrected chi connectivity index (χ2v) is 6.23. The summed E-state index contributed by atoms with van der Waals surface area (Å²) in [6, 6.07) is 0.553. The number of primary amides is 1. The van der Waals surface area contributed by atoms with Gasteiger partial charge in [-0.3, -0.25) is 9.69 Å². The van der Waals surface area contributed by atoms with Crippen LogP contribution in [0.25, 0.3) is 0 Å². The topological polar surface area (TPSA) is 58.4 Å². The summed E-state index contributed by atoms with van der Waals surface area (Å²) >= 11 is 0. The van der Waals surface area contributed by atoms with Gasteiger partial charge in [0, 0.05) is 25.7 Å². The van der Waals surface area contributed by atoms with Crippen LogP contribution in [0, 0.1) is 11.8 Å². The molecule has 1 heterocycles. The molecular formula is C14H25N3O. The monoisotopic (exact) mass is 251 g/mol. The third-order valence-corrected chi connectivity index (χ3v) is 5.26. The summed E-state index contributed by atoms with van der Waals surface area (Å²) in [5, 5.41) is 3.31. The molecule has 0 spiro atoms. The zero-order valence-electron chi connectivity index (χ0n) is 11.1. The van der Waals surface area contributed by atoms with Crippen LogP contribution in [0.4, 0.5) is 0 Å². The molecule has 3 rings (SSSR count). The van der Waals surface area contributed by atoms with Crippen molar-refractivity contribution in [3.8, 4) is 0 Å². The van der Waals surface area contributed by atoms with Gasteiger partial charge in [0.05, 0.1) is 0 Å². The molecule has 0 bridgehead atoms. The van der Waals surface area contributed by atoms with E-state index >= 15 is 0 Å². The third kappa shape index (κ3) is 2.16. The number of nitrogens with two attached hydrogens (primary N) is 1. The second kappa shape index (κ2) is 5.17. The van der Waals surface area contributed by atoms with Gasteiger partial charge in [0.1, 0.15) is 6.04 Å². The van der Waals surface area contributed by atoms with E-state index in [0.717, 1.165) is 31.5 Å². The fraction of sp³-hybridized carbons (Fsp3) is 0.929. The van der Waals surface area contributed by atoms with Gasteiger partial charge >= 0.3 is 0 Å². The summed E-state index contributed by atoms with van der Waals surface area (Å²) in [5.74, 6) is 1.51. The van der Waals surface area contributed by atoms with Crippen LogP contribution in [0.2, 0.25) is 0 Å². The predicted octanol–water partition coefficient (Wildman–Crippen LogP) is 0.714. The van der Waals surface area contributed by atoms with E-state index in [-0.39, 0.29) is 11.9 Å². The molecule has 4 heteroatoms. The lowest BCUT2D eigenvalue weighted by molar-refractivity contribution is -0.127. The molecule has 3 fully saturated rings. The molecule has 1 amide bonds. The highest BCUT2D eigenvalue weighted by atomic mass is 16.1. The lowest BCUT2D eigenvalue weighted by Crippen LogP contribution is -2.64. The molecule has 0 aromatic heterocycles. The highest BCUT2D eigenvalue weighted by molar-refractivity contribution is 5.80. The smallest absolute Gasteiger partial charge is 0.236 e. The van der Waals surface area contributed by atoms with Crippen molar-refractivity contribution in [1.82, 2.24) is 10.2 Å². The Morgan fingerprint density at radius 3 is 2.22 bits per heavy atom. The standard InChI is InChI=1S/C14H25N3O/c15-14(18)12-9-16-7-8-17(12)13(10-3-1-4-10)11-5-2-6-11/h10-13,16H,1-9H2,(H2,15,18). The molecule has 18 heavy (non-hydrogen) atoms. The number of hydrogen-bond acceptors (Lipinski definition) is 3. The Hall–Kier alpha value is -0.610. The maximum Gasteiger partial charge on any atom is 0.236 e. The summed E-state index contributed by atoms with van der Waals surface area (Å²) in [4.78, 5) is 14.1. The first-order valence-corrected chi connectivity index (χ1v) is 7.53. The number of nitrogens with one attached hydrogen (secondary N) is 1. The number of rotatable bonds is 4. The summed E-state index contributed by atoms with van der Waals surface area (Å²) in [5.41, 5.74) is 5.59. The number of hydrogen-bond donors (Lipinski definition) is 2. The normalized spacial score (nSPS) is 31.1. The molecule has 1 saturated heterocycles. The number of carbonyl (C=O) groups excluding carboxylic acids is 1. The molecular weight excluding hydrogens is 226 g/mol. The number of amides is 1. The maximum absolute atomic E-state index is 11.7. The Bertz CT molecular complexity index is 298. The molecule has 1 unspecified atom stereocenters. The van der Waals surface area contributed by atoms with Crippen LogP contribution in [0.1, 0.15) is 38.5 Å². The van der Waals surface area contributed by atoms with Crippen LogP contribution in [-0.2, 0) is 4.79 Å². The van der Waals surface area contributed by atoms with Gasteiger partial charge in [0.25, 0.3) is 0 Å². The molecule has 3 N–H and O–H groups in total. The number of nitrogens with zero attached hydrogens (tertiary/aromatic N) is 1. The molecule has 2 aliphatic carbocycles. The highest BCUT2D eigenvalue weighted by Gasteiger charge is 2.43. The van der Waals surface area contributed by atoms with Crippen molar-refractivity contribution < 1.29 is 4.79 Å². The second-order valence-electron chi connectivity index (χ2n) is 6.23. The van der Waals surface area contributed by atoms with Crippen LogP contribution < -0.4 is 11.1 Å². The first kappa shape index (κ1) is 12.4.